The fourth-order valence-corrected chi connectivity index (χ4v) is 2.73. The first-order valence-corrected chi connectivity index (χ1v) is 9.88. The van der Waals surface area contributed by atoms with Crippen LogP contribution in [-0.2, 0) is 17.7 Å². The molecule has 0 bridgehead atoms. The van der Waals surface area contributed by atoms with Crippen molar-refractivity contribution in [2.75, 3.05) is 19.0 Å². The van der Waals surface area contributed by atoms with Gasteiger partial charge >= 0.3 is 12.1 Å². The zero-order valence-corrected chi connectivity index (χ0v) is 18.0. The van der Waals surface area contributed by atoms with Gasteiger partial charge in [0.2, 0.25) is 0 Å². The summed E-state index contributed by atoms with van der Waals surface area (Å²) in [5.74, 6) is 0. The van der Waals surface area contributed by atoms with Crippen molar-refractivity contribution in [1.29, 1.82) is 0 Å². The minimum absolute atomic E-state index is 0.0435. The van der Waals surface area contributed by atoms with Crippen LogP contribution in [0.2, 0.25) is 5.02 Å². The van der Waals surface area contributed by atoms with Crippen molar-refractivity contribution < 1.29 is 14.3 Å². The van der Waals surface area contributed by atoms with Gasteiger partial charge in [0.1, 0.15) is 6.61 Å². The lowest BCUT2D eigenvalue weighted by Crippen LogP contribution is -2.52. The third kappa shape index (κ3) is 6.68. The maximum absolute atomic E-state index is 12.5. The third-order valence-corrected chi connectivity index (χ3v) is 5.13. The number of nitrogens with zero attached hydrogens (tertiary/aromatic N) is 1. The molecule has 156 valence electrons. The van der Waals surface area contributed by atoms with Crippen molar-refractivity contribution in [2.45, 2.75) is 39.3 Å². The van der Waals surface area contributed by atoms with Crippen LogP contribution in [-0.4, -0.2) is 36.2 Å². The van der Waals surface area contributed by atoms with Crippen molar-refractivity contribution in [3.8, 4) is 0 Å². The van der Waals surface area contributed by atoms with E-state index in [1.165, 1.54) is 10.5 Å². The topological polar surface area (TPSA) is 70.7 Å². The fourth-order valence-electron chi connectivity index (χ4n) is 2.52. The summed E-state index contributed by atoms with van der Waals surface area (Å²) in [5.41, 5.74) is 1.98. The summed E-state index contributed by atoms with van der Waals surface area (Å²) in [5, 5.41) is 6.12. The van der Waals surface area contributed by atoms with Crippen LogP contribution in [0.15, 0.2) is 48.5 Å². The number of benzene rings is 2. The normalized spacial score (nSPS) is 10.9. The number of carbonyl (C=O) groups is 2. The van der Waals surface area contributed by atoms with Crippen LogP contribution in [0.25, 0.3) is 0 Å². The standard InChI is InChI=1S/C22H28ClN3O3/c1-5-16-10-12-18(13-11-16)25-21(28)29-15-22(2,3)26(4)20(27)24-14-17-8-6-7-9-19(17)23/h6-13H,5,14-15H2,1-4H3,(H,24,27)(H,25,28). The largest absolute Gasteiger partial charge is 0.447 e. The Morgan fingerprint density at radius 1 is 1.10 bits per heavy atom. The van der Waals surface area contributed by atoms with Crippen LogP contribution in [0, 0.1) is 0 Å². The highest BCUT2D eigenvalue weighted by Crippen LogP contribution is 2.17. The van der Waals surface area contributed by atoms with E-state index >= 15 is 0 Å². The van der Waals surface area contributed by atoms with E-state index in [0.29, 0.717) is 17.3 Å². The van der Waals surface area contributed by atoms with Gasteiger partial charge in [-0.25, -0.2) is 9.59 Å². The maximum atomic E-state index is 12.5. The van der Waals surface area contributed by atoms with E-state index in [4.69, 9.17) is 16.3 Å². The summed E-state index contributed by atoms with van der Waals surface area (Å²) in [6.45, 7) is 6.08. The highest BCUT2D eigenvalue weighted by molar-refractivity contribution is 6.31. The van der Waals surface area contributed by atoms with Gasteiger partial charge in [0.25, 0.3) is 0 Å². The number of carbonyl (C=O) groups excluding carboxylic acids is 2. The number of ether oxygens (including phenoxy) is 1. The lowest BCUT2D eigenvalue weighted by atomic mass is 10.1. The number of rotatable bonds is 7. The Bertz CT molecular complexity index is 837. The van der Waals surface area contributed by atoms with Gasteiger partial charge in [-0.1, -0.05) is 48.9 Å². The van der Waals surface area contributed by atoms with Crippen molar-refractivity contribution in [2.24, 2.45) is 0 Å². The van der Waals surface area contributed by atoms with Crippen molar-refractivity contribution in [1.82, 2.24) is 10.2 Å². The number of amides is 3. The predicted molar refractivity (Wildman–Crippen MR) is 116 cm³/mol. The molecule has 6 nitrogen and oxygen atoms in total. The van der Waals surface area contributed by atoms with E-state index in [1.54, 1.807) is 13.1 Å². The molecule has 2 aromatic carbocycles. The molecule has 0 aliphatic carbocycles. The van der Waals surface area contributed by atoms with E-state index in [-0.39, 0.29) is 12.6 Å². The number of urea groups is 1. The molecule has 0 aromatic heterocycles. The third-order valence-electron chi connectivity index (χ3n) is 4.77. The molecule has 2 N–H and O–H groups in total. The Labute approximate surface area is 177 Å². The molecule has 0 fully saturated rings. The lowest BCUT2D eigenvalue weighted by Gasteiger charge is -2.35. The van der Waals surface area contributed by atoms with E-state index in [0.717, 1.165) is 12.0 Å². The SMILES string of the molecule is CCc1ccc(NC(=O)OCC(C)(C)N(C)C(=O)NCc2ccccc2Cl)cc1. The Morgan fingerprint density at radius 2 is 1.76 bits per heavy atom. The molecule has 0 unspecified atom stereocenters. The minimum Gasteiger partial charge on any atom is -0.447 e. The monoisotopic (exact) mass is 417 g/mol. The van der Waals surface area contributed by atoms with Crippen molar-refractivity contribution in [3.63, 3.8) is 0 Å². The summed E-state index contributed by atoms with van der Waals surface area (Å²) >= 11 is 6.12. The van der Waals surface area contributed by atoms with Gasteiger partial charge in [0.15, 0.2) is 0 Å². The van der Waals surface area contributed by atoms with Crippen LogP contribution >= 0.6 is 11.6 Å². The minimum atomic E-state index is -0.700. The number of likely N-dealkylation sites (N-methyl/N-ethyl adjacent to an activating group) is 1. The first-order chi connectivity index (χ1) is 13.7. The molecule has 0 saturated carbocycles. The Morgan fingerprint density at radius 3 is 2.38 bits per heavy atom. The van der Waals surface area contributed by atoms with E-state index < -0.39 is 11.6 Å². The van der Waals surface area contributed by atoms with Crippen LogP contribution in [0.5, 0.6) is 0 Å². The lowest BCUT2D eigenvalue weighted by molar-refractivity contribution is 0.0780. The quantitative estimate of drug-likeness (QED) is 0.660. The molecule has 0 radical (unpaired) electrons. The Balaban J connectivity index is 1.83. The molecule has 0 heterocycles. The molecule has 0 atom stereocenters. The first kappa shape index (κ1) is 22.6. The summed E-state index contributed by atoms with van der Waals surface area (Å²) in [7, 11) is 1.66. The van der Waals surface area contributed by atoms with Gasteiger partial charge in [0, 0.05) is 24.3 Å². The number of anilines is 1. The molecule has 7 heteroatoms. The zero-order chi connectivity index (χ0) is 21.4. The van der Waals surface area contributed by atoms with E-state index in [1.807, 2.05) is 56.3 Å². The van der Waals surface area contributed by atoms with Gasteiger partial charge in [0.05, 0.1) is 5.54 Å². The summed E-state index contributed by atoms with van der Waals surface area (Å²) in [4.78, 5) is 26.1. The molecule has 0 saturated heterocycles. The summed E-state index contributed by atoms with van der Waals surface area (Å²) < 4.78 is 5.33. The highest BCUT2D eigenvalue weighted by atomic mass is 35.5. The average Bonchev–Trinajstić information content (AvgIpc) is 2.71. The smallest absolute Gasteiger partial charge is 0.411 e. The number of hydrogen-bond acceptors (Lipinski definition) is 3. The second-order valence-electron chi connectivity index (χ2n) is 7.37. The van der Waals surface area contributed by atoms with Crippen LogP contribution in [0.4, 0.5) is 15.3 Å². The van der Waals surface area contributed by atoms with Crippen molar-refractivity contribution >= 4 is 29.4 Å². The average molecular weight is 418 g/mol. The van der Waals surface area contributed by atoms with Crippen LogP contribution < -0.4 is 10.6 Å². The second-order valence-corrected chi connectivity index (χ2v) is 7.78. The van der Waals surface area contributed by atoms with E-state index in [2.05, 4.69) is 17.6 Å². The molecule has 2 aromatic rings. The molecule has 2 rings (SSSR count). The van der Waals surface area contributed by atoms with Gasteiger partial charge in [-0.2, -0.15) is 0 Å². The Kier molecular flexibility index (Phi) is 7.91. The highest BCUT2D eigenvalue weighted by Gasteiger charge is 2.29. The van der Waals surface area contributed by atoms with Crippen molar-refractivity contribution in [3.05, 3.63) is 64.7 Å². The molecular formula is C22H28ClN3O3. The predicted octanol–water partition coefficient (Wildman–Crippen LogP) is 5.07. The second kappa shape index (κ2) is 10.2. The fraction of sp³-hybridized carbons (Fsp3) is 0.364. The molecule has 0 spiro atoms. The van der Waals surface area contributed by atoms with Crippen LogP contribution in [0.3, 0.4) is 0 Å². The first-order valence-electron chi connectivity index (χ1n) is 9.50. The van der Waals surface area contributed by atoms with Gasteiger partial charge in [-0.15, -0.1) is 0 Å². The Hall–Kier alpha value is -2.73. The molecular weight excluding hydrogens is 390 g/mol. The van der Waals surface area contributed by atoms with Crippen LogP contribution in [0.1, 0.15) is 31.9 Å². The van der Waals surface area contributed by atoms with Gasteiger partial charge in [-0.05, 0) is 49.6 Å². The number of nitrogens with one attached hydrogen (secondary N) is 2. The molecule has 0 aliphatic rings. The molecule has 3 amide bonds. The maximum Gasteiger partial charge on any atom is 0.411 e. The molecule has 29 heavy (non-hydrogen) atoms. The number of aryl methyl sites for hydroxylation is 1. The molecule has 0 aliphatic heterocycles. The number of halogens is 1. The van der Waals surface area contributed by atoms with Gasteiger partial charge < -0.3 is 15.0 Å². The summed E-state index contributed by atoms with van der Waals surface area (Å²) in [6, 6.07) is 14.6. The van der Waals surface area contributed by atoms with Gasteiger partial charge in [-0.3, -0.25) is 5.32 Å². The number of hydrogen-bond donors (Lipinski definition) is 2. The zero-order valence-electron chi connectivity index (χ0n) is 17.3. The summed E-state index contributed by atoms with van der Waals surface area (Å²) in [6.07, 6.45) is 0.372. The van der Waals surface area contributed by atoms with E-state index in [9.17, 15) is 9.59 Å².